The Hall–Kier alpha value is -2.11. The van der Waals surface area contributed by atoms with Gasteiger partial charge in [0.2, 0.25) is 0 Å². The predicted octanol–water partition coefficient (Wildman–Crippen LogP) is 1.63. The van der Waals surface area contributed by atoms with E-state index >= 15 is 0 Å². The molecule has 2 aliphatic heterocycles. The molecule has 0 spiro atoms. The number of Topliss-reactive ketones (excluding diaryl/α,β-unsaturated/α-hetero) is 1. The zero-order valence-corrected chi connectivity index (χ0v) is 24.8. The maximum Gasteiger partial charge on any atom is 0.344 e. The number of aliphatic hydroxyl groups is 2. The first-order valence-electron chi connectivity index (χ1n) is 14.3. The Labute approximate surface area is 237 Å². The Balaban J connectivity index is 1.56. The first kappa shape index (κ1) is 30.8. The fourth-order valence-corrected chi connectivity index (χ4v) is 7.30. The zero-order chi connectivity index (χ0) is 29.7. The topological polar surface area (TPSA) is 126 Å². The summed E-state index contributed by atoms with van der Waals surface area (Å²) in [5.74, 6) is -1.84. The minimum atomic E-state index is -2.20. The van der Waals surface area contributed by atoms with Crippen LogP contribution in [-0.2, 0) is 28.6 Å². The average molecular weight is 563 g/mol. The molecule has 4 rings (SSSR count). The second-order valence-corrected chi connectivity index (χ2v) is 13.2. The number of hydrogen-bond acceptors (Lipinski definition) is 10. The lowest BCUT2D eigenvalue weighted by molar-refractivity contribution is -0.305. The van der Waals surface area contributed by atoms with Gasteiger partial charge in [0.1, 0.15) is 5.60 Å². The van der Waals surface area contributed by atoms with Crippen molar-refractivity contribution in [1.82, 2.24) is 9.80 Å². The van der Waals surface area contributed by atoms with E-state index in [2.05, 4.69) is 23.4 Å². The van der Waals surface area contributed by atoms with E-state index in [9.17, 15) is 24.6 Å². The largest absolute Gasteiger partial charge is 0.454 e. The lowest BCUT2D eigenvalue weighted by Crippen LogP contribution is -2.81. The van der Waals surface area contributed by atoms with Gasteiger partial charge in [0, 0.05) is 39.1 Å². The van der Waals surface area contributed by atoms with Crippen molar-refractivity contribution in [3.05, 3.63) is 24.3 Å². The lowest BCUT2D eigenvalue weighted by atomic mass is 9.44. The molecular formula is C30H46N2O8. The number of carbonyl (C=O) groups excluding carboxylic acids is 3. The quantitative estimate of drug-likeness (QED) is 0.349. The van der Waals surface area contributed by atoms with E-state index in [1.807, 2.05) is 13.8 Å². The molecule has 224 valence electrons. The van der Waals surface area contributed by atoms with Crippen LogP contribution < -0.4 is 0 Å². The Morgan fingerprint density at radius 3 is 2.42 bits per heavy atom. The summed E-state index contributed by atoms with van der Waals surface area (Å²) in [4.78, 5) is 43.7. The minimum Gasteiger partial charge on any atom is -0.454 e. The summed E-state index contributed by atoms with van der Waals surface area (Å²) in [5, 5.41) is 23.7. The van der Waals surface area contributed by atoms with Gasteiger partial charge in [-0.2, -0.15) is 0 Å². The summed E-state index contributed by atoms with van der Waals surface area (Å²) in [6, 6.07) is 0. The number of ketones is 1. The van der Waals surface area contributed by atoms with E-state index in [1.165, 1.54) is 6.08 Å². The molecule has 4 aliphatic rings. The average Bonchev–Trinajstić information content (AvgIpc) is 2.89. The first-order chi connectivity index (χ1) is 18.5. The Morgan fingerprint density at radius 2 is 1.80 bits per heavy atom. The lowest BCUT2D eigenvalue weighted by Gasteiger charge is -2.66. The molecule has 0 aromatic heterocycles. The van der Waals surface area contributed by atoms with Crippen LogP contribution in [0.2, 0.25) is 0 Å². The summed E-state index contributed by atoms with van der Waals surface area (Å²) in [6.45, 7) is 16.3. The molecule has 0 aromatic carbocycles. The van der Waals surface area contributed by atoms with Gasteiger partial charge in [0.15, 0.2) is 24.1 Å². The molecule has 2 saturated heterocycles. The van der Waals surface area contributed by atoms with Gasteiger partial charge in [-0.25, -0.2) is 4.79 Å². The van der Waals surface area contributed by atoms with Crippen LogP contribution in [0.4, 0.5) is 0 Å². The number of esters is 2. The molecular weight excluding hydrogens is 516 g/mol. The normalized spacial score (nSPS) is 39.9. The van der Waals surface area contributed by atoms with Crippen molar-refractivity contribution in [3.63, 3.8) is 0 Å². The molecule has 3 fully saturated rings. The van der Waals surface area contributed by atoms with Crippen LogP contribution in [0.3, 0.4) is 0 Å². The van der Waals surface area contributed by atoms with Crippen LogP contribution >= 0.6 is 0 Å². The van der Waals surface area contributed by atoms with Crippen LogP contribution in [-0.4, -0.2) is 113 Å². The number of rotatable bonds is 7. The summed E-state index contributed by atoms with van der Waals surface area (Å²) in [7, 11) is 2.06. The molecule has 2 aliphatic carbocycles. The van der Waals surface area contributed by atoms with Gasteiger partial charge in [-0.1, -0.05) is 25.5 Å². The van der Waals surface area contributed by atoms with Gasteiger partial charge in [0.05, 0.1) is 23.5 Å². The fraction of sp³-hybridized carbons (Fsp3) is 0.767. The smallest absolute Gasteiger partial charge is 0.344 e. The van der Waals surface area contributed by atoms with Gasteiger partial charge in [-0.15, -0.1) is 6.58 Å². The maximum absolute atomic E-state index is 13.9. The number of piperazine rings is 1. The maximum atomic E-state index is 13.9. The third kappa shape index (κ3) is 4.96. The van der Waals surface area contributed by atoms with E-state index < -0.39 is 64.2 Å². The Kier molecular flexibility index (Phi) is 8.19. The predicted molar refractivity (Wildman–Crippen MR) is 147 cm³/mol. The SMILES string of the molecule is C=C[C@@]1(C)CC(=O)[C@@]2(O)[C@](C)(O1)[C@@H](OC(=O)COC(=O)CCN1CCN(C)CC1)C=C1C(C)(C)CC[C@H](O)[C@@]12C. The molecule has 10 heteroatoms. The summed E-state index contributed by atoms with van der Waals surface area (Å²) >= 11 is 0. The highest BCUT2D eigenvalue weighted by molar-refractivity contribution is 5.93. The van der Waals surface area contributed by atoms with Gasteiger partial charge >= 0.3 is 11.9 Å². The number of fused-ring (bicyclic) bond motifs is 3. The van der Waals surface area contributed by atoms with Crippen molar-refractivity contribution >= 4 is 17.7 Å². The van der Waals surface area contributed by atoms with Gasteiger partial charge < -0.3 is 34.2 Å². The fourth-order valence-electron chi connectivity index (χ4n) is 7.30. The number of nitrogens with zero attached hydrogens (tertiary/aromatic N) is 2. The van der Waals surface area contributed by atoms with Crippen molar-refractivity contribution in [1.29, 1.82) is 0 Å². The van der Waals surface area contributed by atoms with Crippen LogP contribution in [0.5, 0.6) is 0 Å². The molecule has 10 nitrogen and oxygen atoms in total. The first-order valence-corrected chi connectivity index (χ1v) is 14.3. The molecule has 0 radical (unpaired) electrons. The van der Waals surface area contributed by atoms with Crippen LogP contribution in [0.1, 0.15) is 60.3 Å². The number of aliphatic hydroxyl groups excluding tert-OH is 1. The second-order valence-electron chi connectivity index (χ2n) is 13.2. The van der Waals surface area contributed by atoms with Crippen molar-refractivity contribution in [3.8, 4) is 0 Å². The summed E-state index contributed by atoms with van der Waals surface area (Å²) in [5.41, 5.74) is -6.31. The van der Waals surface area contributed by atoms with E-state index in [1.54, 1.807) is 26.8 Å². The standard InChI is InChI=1S/C30H46N2O8/c1-8-27(4)18-22(34)30(37)28(5)20(26(2,3)11-9-21(28)33)17-23(29(30,6)40-27)39-25(36)19-38-24(35)10-12-32-15-13-31(7)14-16-32/h8,17,21,23,33,37H,1,9-16,18-19H2,2-7H3/t21-,23-,27-,28+,29+,30-/m0/s1. The van der Waals surface area contributed by atoms with Crippen LogP contribution in [0.15, 0.2) is 24.3 Å². The van der Waals surface area contributed by atoms with Gasteiger partial charge in [-0.05, 0) is 52.2 Å². The third-order valence-electron chi connectivity index (χ3n) is 9.96. The molecule has 0 bridgehead atoms. The molecule has 2 heterocycles. The Bertz CT molecular complexity index is 1080. The minimum absolute atomic E-state index is 0.149. The Morgan fingerprint density at radius 1 is 1.15 bits per heavy atom. The summed E-state index contributed by atoms with van der Waals surface area (Å²) in [6.07, 6.45) is 2.02. The zero-order valence-electron chi connectivity index (χ0n) is 24.8. The van der Waals surface area contributed by atoms with E-state index in [0.717, 1.165) is 26.2 Å². The highest BCUT2D eigenvalue weighted by Gasteiger charge is 2.76. The third-order valence-corrected chi connectivity index (χ3v) is 9.96. The van der Waals surface area contributed by atoms with Crippen molar-refractivity contribution in [2.45, 2.75) is 89.3 Å². The van der Waals surface area contributed by atoms with E-state index in [4.69, 9.17) is 14.2 Å². The monoisotopic (exact) mass is 562 g/mol. The van der Waals surface area contributed by atoms with Crippen LogP contribution in [0, 0.1) is 10.8 Å². The molecule has 0 amide bonds. The van der Waals surface area contributed by atoms with E-state index in [-0.39, 0.29) is 12.8 Å². The molecule has 0 unspecified atom stereocenters. The van der Waals surface area contributed by atoms with Crippen molar-refractivity contribution in [2.24, 2.45) is 10.8 Å². The highest BCUT2D eigenvalue weighted by atomic mass is 16.6. The molecule has 0 aromatic rings. The number of hydrogen-bond donors (Lipinski definition) is 2. The number of ether oxygens (including phenoxy) is 3. The van der Waals surface area contributed by atoms with Crippen LogP contribution in [0.25, 0.3) is 0 Å². The molecule has 40 heavy (non-hydrogen) atoms. The summed E-state index contributed by atoms with van der Waals surface area (Å²) < 4.78 is 17.5. The van der Waals surface area contributed by atoms with Gasteiger partial charge in [0.25, 0.3) is 0 Å². The number of carbonyl (C=O) groups is 3. The molecule has 6 atom stereocenters. The van der Waals surface area contributed by atoms with E-state index in [0.29, 0.717) is 25.0 Å². The number of likely N-dealkylation sites (N-methyl/N-ethyl adjacent to an activating group) is 1. The second kappa shape index (κ2) is 10.6. The highest BCUT2D eigenvalue weighted by Crippen LogP contribution is 2.64. The molecule has 2 N–H and O–H groups in total. The molecule has 1 saturated carbocycles. The van der Waals surface area contributed by atoms with Crippen molar-refractivity contribution in [2.75, 3.05) is 46.4 Å². The van der Waals surface area contributed by atoms with Gasteiger partial charge in [-0.3, -0.25) is 9.59 Å². The van der Waals surface area contributed by atoms with Crippen molar-refractivity contribution < 1.29 is 38.8 Å².